The number of aliphatic hydroxyl groups is 5. The molecule has 12 nitrogen and oxygen atoms in total. The van der Waals surface area contributed by atoms with Crippen molar-refractivity contribution in [3.8, 4) is 0 Å². The Balaban J connectivity index is 2.40. The lowest BCUT2D eigenvalue weighted by molar-refractivity contribution is -0.220. The number of unbranched alkanes of at least 4 members (excludes halogenated alkanes) is 22. The van der Waals surface area contributed by atoms with Crippen LogP contribution in [0, 0.1) is 0 Å². The van der Waals surface area contributed by atoms with Crippen LogP contribution in [-0.4, -0.2) is 98.9 Å². The molecule has 0 aliphatic heterocycles. The van der Waals surface area contributed by atoms with Crippen molar-refractivity contribution in [2.45, 2.75) is 217 Å². The van der Waals surface area contributed by atoms with Gasteiger partial charge in [0.1, 0.15) is 42.7 Å². The summed E-state index contributed by atoms with van der Waals surface area (Å²) < 4.78 is 33.9. The first-order valence-corrected chi connectivity index (χ1v) is 21.9. The van der Waals surface area contributed by atoms with Gasteiger partial charge in [0.15, 0.2) is 0 Å². The molecular formula is C38H75O12P. The van der Waals surface area contributed by atoms with Gasteiger partial charge in [0.2, 0.25) is 0 Å². The Kier molecular flexibility index (Phi) is 29.1. The first-order chi connectivity index (χ1) is 24.5. The van der Waals surface area contributed by atoms with E-state index < -0.39 is 63.1 Å². The van der Waals surface area contributed by atoms with Crippen LogP contribution in [0.25, 0.3) is 0 Å². The van der Waals surface area contributed by atoms with Crippen LogP contribution >= 0.6 is 7.82 Å². The SMILES string of the molecule is CCCCCCCCCCCCCCCCCCC(=O)OC(COCCCCCCCCCC)COP(=O)(O)OC1C(O)C(O)C(O)C(O)C1O. The Morgan fingerprint density at radius 1 is 0.549 bits per heavy atom. The van der Waals surface area contributed by atoms with E-state index in [-0.39, 0.29) is 13.0 Å². The number of rotatable bonds is 34. The van der Waals surface area contributed by atoms with Crippen LogP contribution in [0.2, 0.25) is 0 Å². The first kappa shape index (κ1) is 48.4. The highest BCUT2D eigenvalue weighted by molar-refractivity contribution is 7.47. The molecule has 0 aromatic rings. The molecule has 1 aliphatic rings. The summed E-state index contributed by atoms with van der Waals surface area (Å²) in [5, 5.41) is 49.9. The maximum Gasteiger partial charge on any atom is 0.472 e. The second-order valence-corrected chi connectivity index (χ2v) is 15.9. The molecule has 6 unspecified atom stereocenters. The first-order valence-electron chi connectivity index (χ1n) is 20.4. The molecule has 304 valence electrons. The lowest BCUT2D eigenvalue weighted by Crippen LogP contribution is -2.64. The molecule has 1 rings (SSSR count). The molecule has 1 fully saturated rings. The van der Waals surface area contributed by atoms with E-state index in [1.807, 2.05) is 0 Å². The summed E-state index contributed by atoms with van der Waals surface area (Å²) in [7, 11) is -5.00. The van der Waals surface area contributed by atoms with Gasteiger partial charge < -0.3 is 39.9 Å². The van der Waals surface area contributed by atoms with Crippen molar-refractivity contribution in [3.63, 3.8) is 0 Å². The van der Waals surface area contributed by atoms with E-state index in [4.69, 9.17) is 18.5 Å². The fourth-order valence-electron chi connectivity index (χ4n) is 6.41. The van der Waals surface area contributed by atoms with Crippen LogP contribution in [-0.2, 0) is 27.9 Å². The van der Waals surface area contributed by atoms with E-state index in [0.29, 0.717) is 13.0 Å². The molecule has 1 aliphatic carbocycles. The number of carbonyl (C=O) groups is 1. The molecule has 6 N–H and O–H groups in total. The van der Waals surface area contributed by atoms with Gasteiger partial charge in [0.05, 0.1) is 13.2 Å². The average molecular weight is 755 g/mol. The van der Waals surface area contributed by atoms with Crippen LogP contribution in [0.3, 0.4) is 0 Å². The van der Waals surface area contributed by atoms with Crippen LogP contribution in [0.4, 0.5) is 0 Å². The molecule has 0 spiro atoms. The average Bonchev–Trinajstić information content (AvgIpc) is 3.11. The van der Waals surface area contributed by atoms with Gasteiger partial charge in [0, 0.05) is 13.0 Å². The second-order valence-electron chi connectivity index (χ2n) is 14.5. The molecule has 0 bridgehead atoms. The number of hydrogen-bond acceptors (Lipinski definition) is 11. The van der Waals surface area contributed by atoms with E-state index >= 15 is 0 Å². The van der Waals surface area contributed by atoms with Gasteiger partial charge in [0.25, 0.3) is 0 Å². The minimum Gasteiger partial charge on any atom is -0.457 e. The van der Waals surface area contributed by atoms with Crippen molar-refractivity contribution in [2.24, 2.45) is 0 Å². The number of ether oxygens (including phenoxy) is 2. The molecule has 13 heteroatoms. The van der Waals surface area contributed by atoms with Gasteiger partial charge in [-0.1, -0.05) is 155 Å². The third-order valence-corrected chi connectivity index (χ3v) is 10.7. The Morgan fingerprint density at radius 3 is 1.35 bits per heavy atom. The molecule has 1 saturated carbocycles. The summed E-state index contributed by atoms with van der Waals surface area (Å²) >= 11 is 0. The van der Waals surface area contributed by atoms with Crippen molar-refractivity contribution in [1.82, 2.24) is 0 Å². The summed E-state index contributed by atoms with van der Waals surface area (Å²) in [5.41, 5.74) is 0. The molecule has 6 atom stereocenters. The van der Waals surface area contributed by atoms with Crippen LogP contribution in [0.15, 0.2) is 0 Å². The highest BCUT2D eigenvalue weighted by atomic mass is 31.2. The maximum atomic E-state index is 12.7. The number of aliphatic hydroxyl groups excluding tert-OH is 5. The van der Waals surface area contributed by atoms with Gasteiger partial charge in [-0.2, -0.15) is 0 Å². The standard InChI is InChI=1S/C38H75O12P/c1-3-5-7-9-11-13-14-15-16-17-18-19-20-21-23-25-27-32(39)49-31(29-47-28-26-24-22-12-10-8-6-4-2)30-48-51(45,46)50-38-36(43)34(41)33(40)35(42)37(38)44/h31,33-38,40-44H,3-30H2,1-2H3,(H,45,46). The van der Waals surface area contributed by atoms with Gasteiger partial charge in [-0.15, -0.1) is 0 Å². The predicted octanol–water partition coefficient (Wildman–Crippen LogP) is 7.03. The zero-order chi connectivity index (χ0) is 37.7. The van der Waals surface area contributed by atoms with Crippen molar-refractivity contribution in [2.75, 3.05) is 19.8 Å². The fraction of sp³-hybridized carbons (Fsp3) is 0.974. The lowest BCUT2D eigenvalue weighted by atomic mass is 9.85. The molecule has 0 aromatic carbocycles. The molecule has 0 radical (unpaired) electrons. The van der Waals surface area contributed by atoms with Crippen LogP contribution < -0.4 is 0 Å². The minimum absolute atomic E-state index is 0.0699. The number of carbonyl (C=O) groups excluding carboxylic acids is 1. The fourth-order valence-corrected chi connectivity index (χ4v) is 7.39. The van der Waals surface area contributed by atoms with E-state index in [0.717, 1.165) is 38.5 Å². The normalized spacial score (nSPS) is 24.0. The van der Waals surface area contributed by atoms with Crippen LogP contribution in [0.1, 0.15) is 174 Å². The summed E-state index contributed by atoms with van der Waals surface area (Å²) in [6.07, 6.45) is 16.2. The summed E-state index contributed by atoms with van der Waals surface area (Å²) in [4.78, 5) is 23.0. The van der Waals surface area contributed by atoms with Crippen molar-refractivity contribution in [3.05, 3.63) is 0 Å². The zero-order valence-corrected chi connectivity index (χ0v) is 32.8. The molecule has 0 aromatic heterocycles. The molecule has 51 heavy (non-hydrogen) atoms. The van der Waals surface area contributed by atoms with Gasteiger partial charge in [-0.25, -0.2) is 4.57 Å². The Hall–Kier alpha value is -0.660. The number of hydrogen-bond donors (Lipinski definition) is 6. The van der Waals surface area contributed by atoms with Gasteiger partial charge in [-0.3, -0.25) is 13.8 Å². The van der Waals surface area contributed by atoms with Crippen LogP contribution in [0.5, 0.6) is 0 Å². The highest BCUT2D eigenvalue weighted by Gasteiger charge is 2.51. The number of phosphoric acid groups is 1. The largest absolute Gasteiger partial charge is 0.472 e. The van der Waals surface area contributed by atoms with E-state index in [1.165, 1.54) is 109 Å². The molecule has 0 saturated heterocycles. The third-order valence-electron chi connectivity index (χ3n) is 9.73. The Labute approximate surface area is 308 Å². The monoisotopic (exact) mass is 754 g/mol. The smallest absolute Gasteiger partial charge is 0.457 e. The van der Waals surface area contributed by atoms with Crippen molar-refractivity contribution in [1.29, 1.82) is 0 Å². The molecule has 0 amide bonds. The minimum atomic E-state index is -5.00. The van der Waals surface area contributed by atoms with Gasteiger partial charge in [-0.05, 0) is 12.8 Å². The zero-order valence-electron chi connectivity index (χ0n) is 31.9. The Bertz CT molecular complexity index is 864. The van der Waals surface area contributed by atoms with Crippen molar-refractivity contribution < 1.29 is 58.3 Å². The predicted molar refractivity (Wildman–Crippen MR) is 198 cm³/mol. The topological polar surface area (TPSA) is 192 Å². The summed E-state index contributed by atoms with van der Waals surface area (Å²) in [5.74, 6) is -0.475. The summed E-state index contributed by atoms with van der Waals surface area (Å²) in [6, 6.07) is 0. The maximum absolute atomic E-state index is 12.7. The lowest BCUT2D eigenvalue weighted by Gasteiger charge is -2.41. The highest BCUT2D eigenvalue weighted by Crippen LogP contribution is 2.47. The molecular weight excluding hydrogens is 679 g/mol. The van der Waals surface area contributed by atoms with E-state index in [2.05, 4.69) is 13.8 Å². The van der Waals surface area contributed by atoms with Gasteiger partial charge >= 0.3 is 13.8 Å². The van der Waals surface area contributed by atoms with Crippen molar-refractivity contribution >= 4 is 13.8 Å². The molecule has 0 heterocycles. The third kappa shape index (κ3) is 23.7. The van der Waals surface area contributed by atoms with E-state index in [9.17, 15) is 39.8 Å². The number of esters is 1. The second kappa shape index (κ2) is 30.6. The Morgan fingerprint density at radius 2 is 0.922 bits per heavy atom. The number of phosphoric ester groups is 1. The summed E-state index contributed by atoms with van der Waals surface area (Å²) in [6.45, 7) is 4.23. The van der Waals surface area contributed by atoms with E-state index in [1.54, 1.807) is 0 Å². The quantitative estimate of drug-likeness (QED) is 0.0224.